The van der Waals surface area contributed by atoms with Gasteiger partial charge in [-0.25, -0.2) is 9.37 Å². The molecule has 1 aliphatic carbocycles. The molecule has 76 valence electrons. The molecule has 0 spiro atoms. The molecule has 0 unspecified atom stereocenters. The third-order valence-corrected chi connectivity index (χ3v) is 2.52. The van der Waals surface area contributed by atoms with Gasteiger partial charge >= 0.3 is 0 Å². The molecule has 0 bridgehead atoms. The lowest BCUT2D eigenvalue weighted by Crippen LogP contribution is -2.03. The van der Waals surface area contributed by atoms with E-state index in [2.05, 4.69) is 10.3 Å². The molecule has 0 aliphatic heterocycles. The lowest BCUT2D eigenvalue weighted by Gasteiger charge is -2.04. The summed E-state index contributed by atoms with van der Waals surface area (Å²) >= 11 is 0. The fourth-order valence-corrected chi connectivity index (χ4v) is 1.49. The van der Waals surface area contributed by atoms with Crippen LogP contribution in [0.1, 0.15) is 25.7 Å². The van der Waals surface area contributed by atoms with Gasteiger partial charge in [-0.15, -0.1) is 0 Å². The number of rotatable bonds is 5. The Morgan fingerprint density at radius 1 is 1.43 bits per heavy atom. The average Bonchev–Trinajstić information content (AvgIpc) is 2.99. The predicted molar refractivity (Wildman–Crippen MR) is 54.6 cm³/mol. The van der Waals surface area contributed by atoms with E-state index in [9.17, 15) is 4.39 Å². The van der Waals surface area contributed by atoms with Crippen molar-refractivity contribution in [3.63, 3.8) is 0 Å². The van der Waals surface area contributed by atoms with Gasteiger partial charge < -0.3 is 5.32 Å². The van der Waals surface area contributed by atoms with Crippen LogP contribution in [0.25, 0.3) is 0 Å². The van der Waals surface area contributed by atoms with Crippen LogP contribution in [0.5, 0.6) is 0 Å². The van der Waals surface area contributed by atoms with E-state index in [0.717, 1.165) is 18.3 Å². The highest BCUT2D eigenvalue weighted by atomic mass is 19.1. The Bertz CT molecular complexity index is 280. The maximum Gasteiger partial charge on any atom is 0.141 e. The molecule has 1 heterocycles. The molecule has 1 aromatic heterocycles. The molecule has 3 heteroatoms. The van der Waals surface area contributed by atoms with Crippen LogP contribution in [0, 0.1) is 11.7 Å². The fraction of sp³-hybridized carbons (Fsp3) is 0.545. The van der Waals surface area contributed by atoms with E-state index in [1.165, 1.54) is 37.9 Å². The van der Waals surface area contributed by atoms with Gasteiger partial charge in [0.15, 0.2) is 0 Å². The van der Waals surface area contributed by atoms with Crippen molar-refractivity contribution in [3.8, 4) is 0 Å². The quantitative estimate of drug-likeness (QED) is 0.729. The summed E-state index contributed by atoms with van der Waals surface area (Å²) in [6.45, 7) is 0.940. The van der Waals surface area contributed by atoms with Crippen molar-refractivity contribution in [2.75, 3.05) is 11.9 Å². The first-order valence-electron chi connectivity index (χ1n) is 5.20. The number of nitrogens with zero attached hydrogens (tertiary/aromatic N) is 1. The van der Waals surface area contributed by atoms with Crippen LogP contribution in [0.2, 0.25) is 0 Å². The van der Waals surface area contributed by atoms with Gasteiger partial charge in [-0.3, -0.25) is 0 Å². The largest absolute Gasteiger partial charge is 0.370 e. The lowest BCUT2D eigenvalue weighted by molar-refractivity contribution is 0.621. The Morgan fingerprint density at radius 3 is 2.93 bits per heavy atom. The van der Waals surface area contributed by atoms with E-state index in [4.69, 9.17) is 0 Å². The zero-order chi connectivity index (χ0) is 9.80. The van der Waals surface area contributed by atoms with Gasteiger partial charge in [-0.05, 0) is 30.9 Å². The van der Waals surface area contributed by atoms with E-state index >= 15 is 0 Å². The summed E-state index contributed by atoms with van der Waals surface area (Å²) in [5, 5.41) is 3.18. The number of pyridine rings is 1. The first-order valence-corrected chi connectivity index (χ1v) is 5.20. The van der Waals surface area contributed by atoms with Crippen LogP contribution in [0.3, 0.4) is 0 Å². The van der Waals surface area contributed by atoms with Crippen molar-refractivity contribution >= 4 is 5.82 Å². The summed E-state index contributed by atoms with van der Waals surface area (Å²) in [6.07, 6.45) is 6.56. The third-order valence-electron chi connectivity index (χ3n) is 2.52. The SMILES string of the molecule is Fc1ccc(NCCCC2CC2)nc1. The Hall–Kier alpha value is -1.12. The second kappa shape index (κ2) is 4.40. The van der Waals surface area contributed by atoms with E-state index in [-0.39, 0.29) is 5.82 Å². The number of aromatic nitrogens is 1. The van der Waals surface area contributed by atoms with Gasteiger partial charge in [0.2, 0.25) is 0 Å². The summed E-state index contributed by atoms with van der Waals surface area (Å²) in [5.74, 6) is 1.47. The van der Waals surface area contributed by atoms with Gasteiger partial charge in [0.1, 0.15) is 11.6 Å². The van der Waals surface area contributed by atoms with Crippen LogP contribution in [0.15, 0.2) is 18.3 Å². The van der Waals surface area contributed by atoms with Gasteiger partial charge in [-0.1, -0.05) is 12.8 Å². The second-order valence-electron chi connectivity index (χ2n) is 3.87. The molecule has 1 N–H and O–H groups in total. The number of anilines is 1. The summed E-state index contributed by atoms with van der Waals surface area (Å²) in [7, 11) is 0. The molecule has 2 nitrogen and oxygen atoms in total. The molecule has 1 fully saturated rings. The number of halogens is 1. The monoisotopic (exact) mass is 194 g/mol. The Labute approximate surface area is 83.6 Å². The highest BCUT2D eigenvalue weighted by Crippen LogP contribution is 2.33. The Morgan fingerprint density at radius 2 is 2.29 bits per heavy atom. The molecule has 1 aliphatic rings. The highest BCUT2D eigenvalue weighted by Gasteiger charge is 2.19. The molecular weight excluding hydrogens is 179 g/mol. The minimum absolute atomic E-state index is 0.284. The highest BCUT2D eigenvalue weighted by molar-refractivity contribution is 5.33. The van der Waals surface area contributed by atoms with Crippen LogP contribution < -0.4 is 5.32 Å². The zero-order valence-corrected chi connectivity index (χ0v) is 8.17. The van der Waals surface area contributed by atoms with Crippen molar-refractivity contribution in [3.05, 3.63) is 24.1 Å². The maximum atomic E-state index is 12.5. The lowest BCUT2D eigenvalue weighted by atomic mass is 10.2. The molecule has 0 aromatic carbocycles. The van der Waals surface area contributed by atoms with Gasteiger partial charge in [0.25, 0.3) is 0 Å². The summed E-state index contributed by atoms with van der Waals surface area (Å²) in [5.41, 5.74) is 0. The number of hydrogen-bond acceptors (Lipinski definition) is 2. The number of hydrogen-bond donors (Lipinski definition) is 1. The molecule has 0 radical (unpaired) electrons. The molecule has 2 rings (SSSR count). The minimum atomic E-state index is -0.284. The molecule has 14 heavy (non-hydrogen) atoms. The molecule has 1 aromatic rings. The van der Waals surface area contributed by atoms with Crippen molar-refractivity contribution in [2.45, 2.75) is 25.7 Å². The Kier molecular flexibility index (Phi) is 2.96. The standard InChI is InChI=1S/C11H15FN2/c12-10-5-6-11(14-8-10)13-7-1-2-9-3-4-9/h5-6,8-9H,1-4,7H2,(H,13,14). The maximum absolute atomic E-state index is 12.5. The van der Waals surface area contributed by atoms with Crippen molar-refractivity contribution in [1.82, 2.24) is 4.98 Å². The number of nitrogens with one attached hydrogen (secondary N) is 1. The second-order valence-corrected chi connectivity index (χ2v) is 3.87. The third kappa shape index (κ3) is 2.98. The summed E-state index contributed by atoms with van der Waals surface area (Å²) < 4.78 is 12.5. The molecule has 0 atom stereocenters. The molecule has 0 amide bonds. The summed E-state index contributed by atoms with van der Waals surface area (Å²) in [6, 6.07) is 3.10. The first kappa shape index (κ1) is 9.44. The van der Waals surface area contributed by atoms with E-state index in [1.54, 1.807) is 6.07 Å². The van der Waals surface area contributed by atoms with E-state index < -0.39 is 0 Å². The molecule has 0 saturated heterocycles. The average molecular weight is 194 g/mol. The fourth-order valence-electron chi connectivity index (χ4n) is 1.49. The zero-order valence-electron chi connectivity index (χ0n) is 8.17. The van der Waals surface area contributed by atoms with Crippen LogP contribution in [-0.4, -0.2) is 11.5 Å². The van der Waals surface area contributed by atoms with Gasteiger partial charge in [0.05, 0.1) is 6.20 Å². The Balaban J connectivity index is 1.66. The summed E-state index contributed by atoms with van der Waals surface area (Å²) in [4.78, 5) is 3.92. The van der Waals surface area contributed by atoms with Gasteiger partial charge in [0, 0.05) is 6.54 Å². The minimum Gasteiger partial charge on any atom is -0.370 e. The van der Waals surface area contributed by atoms with Crippen LogP contribution >= 0.6 is 0 Å². The van der Waals surface area contributed by atoms with E-state index in [0.29, 0.717) is 0 Å². The molecule has 1 saturated carbocycles. The molecular formula is C11H15FN2. The van der Waals surface area contributed by atoms with Crippen LogP contribution in [-0.2, 0) is 0 Å². The van der Waals surface area contributed by atoms with Crippen molar-refractivity contribution in [2.24, 2.45) is 5.92 Å². The van der Waals surface area contributed by atoms with Crippen molar-refractivity contribution in [1.29, 1.82) is 0 Å². The van der Waals surface area contributed by atoms with Crippen molar-refractivity contribution < 1.29 is 4.39 Å². The van der Waals surface area contributed by atoms with Gasteiger partial charge in [-0.2, -0.15) is 0 Å². The predicted octanol–water partition coefficient (Wildman–Crippen LogP) is 2.82. The smallest absolute Gasteiger partial charge is 0.141 e. The van der Waals surface area contributed by atoms with E-state index in [1.807, 2.05) is 0 Å². The normalized spacial score (nSPS) is 15.5. The topological polar surface area (TPSA) is 24.9 Å². The van der Waals surface area contributed by atoms with Crippen LogP contribution in [0.4, 0.5) is 10.2 Å². The first-order chi connectivity index (χ1) is 6.84.